The standard InChI is InChI=1S/C22H31ClN6O/c1-24-22(26-14-20(28(2)3)16-7-5-8-18(13-16)30-4)27-17-10-12-29(15-17)21-19(23)9-6-11-25-21/h5-9,11,13,17,20H,10,12,14-15H2,1-4H3,(H2,24,26,27). The zero-order valence-corrected chi connectivity index (χ0v) is 18.9. The van der Waals surface area contributed by atoms with Gasteiger partial charge in [0.05, 0.1) is 18.2 Å². The van der Waals surface area contributed by atoms with E-state index in [2.05, 4.69) is 56.6 Å². The number of rotatable bonds is 7. The minimum absolute atomic E-state index is 0.186. The predicted molar refractivity (Wildman–Crippen MR) is 124 cm³/mol. The lowest BCUT2D eigenvalue weighted by Crippen LogP contribution is -2.46. The minimum atomic E-state index is 0.186. The van der Waals surface area contributed by atoms with Crippen molar-refractivity contribution in [3.05, 3.63) is 53.2 Å². The molecule has 162 valence electrons. The first-order chi connectivity index (χ1) is 14.5. The summed E-state index contributed by atoms with van der Waals surface area (Å²) in [4.78, 5) is 13.2. The number of guanidine groups is 1. The number of methoxy groups -OCH3 is 1. The molecule has 7 nitrogen and oxygen atoms in total. The molecule has 2 unspecified atom stereocenters. The van der Waals surface area contributed by atoms with Crippen molar-refractivity contribution in [2.45, 2.75) is 18.5 Å². The van der Waals surface area contributed by atoms with E-state index >= 15 is 0 Å². The zero-order valence-electron chi connectivity index (χ0n) is 18.1. The average Bonchev–Trinajstić information content (AvgIpc) is 3.21. The molecule has 30 heavy (non-hydrogen) atoms. The lowest BCUT2D eigenvalue weighted by atomic mass is 10.1. The van der Waals surface area contributed by atoms with Gasteiger partial charge in [-0.15, -0.1) is 0 Å². The number of nitrogens with one attached hydrogen (secondary N) is 2. The van der Waals surface area contributed by atoms with Gasteiger partial charge < -0.3 is 25.2 Å². The third-order valence-electron chi connectivity index (χ3n) is 5.36. The molecule has 2 heterocycles. The molecule has 0 radical (unpaired) electrons. The summed E-state index contributed by atoms with van der Waals surface area (Å²) < 4.78 is 5.38. The van der Waals surface area contributed by atoms with Crippen LogP contribution in [0.25, 0.3) is 0 Å². The molecule has 1 aliphatic heterocycles. The van der Waals surface area contributed by atoms with E-state index in [9.17, 15) is 0 Å². The van der Waals surface area contributed by atoms with Crippen molar-refractivity contribution in [1.29, 1.82) is 0 Å². The summed E-state index contributed by atoms with van der Waals surface area (Å²) in [5.41, 5.74) is 1.19. The Hall–Kier alpha value is -2.51. The minimum Gasteiger partial charge on any atom is -0.497 e. The second-order valence-corrected chi connectivity index (χ2v) is 8.00. The van der Waals surface area contributed by atoms with Gasteiger partial charge in [0.2, 0.25) is 0 Å². The Morgan fingerprint density at radius 2 is 2.20 bits per heavy atom. The number of anilines is 1. The summed E-state index contributed by atoms with van der Waals surface area (Å²) in [6, 6.07) is 12.4. The zero-order chi connectivity index (χ0) is 21.5. The Labute approximate surface area is 184 Å². The Morgan fingerprint density at radius 1 is 1.37 bits per heavy atom. The molecule has 2 aromatic rings. The van der Waals surface area contributed by atoms with Crippen molar-refractivity contribution in [2.24, 2.45) is 4.99 Å². The van der Waals surface area contributed by atoms with E-state index in [0.717, 1.165) is 43.6 Å². The number of pyridine rings is 1. The first kappa shape index (κ1) is 22.2. The quantitative estimate of drug-likeness (QED) is 0.520. The number of nitrogens with zero attached hydrogens (tertiary/aromatic N) is 4. The maximum Gasteiger partial charge on any atom is 0.191 e. The summed E-state index contributed by atoms with van der Waals surface area (Å²) in [7, 11) is 7.64. The van der Waals surface area contributed by atoms with Crippen LogP contribution in [0.2, 0.25) is 5.02 Å². The molecule has 1 aromatic carbocycles. The van der Waals surface area contributed by atoms with E-state index in [4.69, 9.17) is 16.3 Å². The van der Waals surface area contributed by atoms with E-state index in [0.29, 0.717) is 5.02 Å². The van der Waals surface area contributed by atoms with Crippen LogP contribution in [-0.4, -0.2) is 69.8 Å². The smallest absolute Gasteiger partial charge is 0.191 e. The van der Waals surface area contributed by atoms with Crippen molar-refractivity contribution in [3.63, 3.8) is 0 Å². The maximum absolute atomic E-state index is 6.30. The number of hydrogen-bond donors (Lipinski definition) is 2. The Bertz CT molecular complexity index is 859. The van der Waals surface area contributed by atoms with Crippen LogP contribution in [0, 0.1) is 0 Å². The van der Waals surface area contributed by atoms with Crippen LogP contribution in [-0.2, 0) is 0 Å². The van der Waals surface area contributed by atoms with Crippen molar-refractivity contribution in [1.82, 2.24) is 20.5 Å². The van der Waals surface area contributed by atoms with E-state index in [-0.39, 0.29) is 12.1 Å². The fourth-order valence-electron chi connectivity index (χ4n) is 3.71. The van der Waals surface area contributed by atoms with Crippen molar-refractivity contribution < 1.29 is 4.74 Å². The monoisotopic (exact) mass is 430 g/mol. The lowest BCUT2D eigenvalue weighted by molar-refractivity contribution is 0.297. The van der Waals surface area contributed by atoms with Gasteiger partial charge in [-0.3, -0.25) is 4.99 Å². The second-order valence-electron chi connectivity index (χ2n) is 7.59. The first-order valence-corrected chi connectivity index (χ1v) is 10.5. The number of benzene rings is 1. The molecule has 3 rings (SSSR count). The number of aliphatic imine (C=N–C) groups is 1. The highest BCUT2D eigenvalue weighted by atomic mass is 35.5. The van der Waals surface area contributed by atoms with E-state index in [1.54, 1.807) is 20.4 Å². The predicted octanol–water partition coefficient (Wildman–Crippen LogP) is 2.79. The molecule has 1 saturated heterocycles. The lowest BCUT2D eigenvalue weighted by Gasteiger charge is -2.27. The van der Waals surface area contributed by atoms with Crippen LogP contribution < -0.4 is 20.3 Å². The van der Waals surface area contributed by atoms with Gasteiger partial charge in [-0.1, -0.05) is 23.7 Å². The largest absolute Gasteiger partial charge is 0.497 e. The molecule has 1 fully saturated rings. The highest BCUT2D eigenvalue weighted by Crippen LogP contribution is 2.26. The van der Waals surface area contributed by atoms with Gasteiger partial charge in [0.1, 0.15) is 11.6 Å². The fraction of sp³-hybridized carbons (Fsp3) is 0.455. The van der Waals surface area contributed by atoms with Crippen LogP contribution in [0.4, 0.5) is 5.82 Å². The highest BCUT2D eigenvalue weighted by molar-refractivity contribution is 6.32. The maximum atomic E-state index is 6.30. The number of aromatic nitrogens is 1. The van der Waals surface area contributed by atoms with Gasteiger partial charge in [-0.2, -0.15) is 0 Å². The van der Waals surface area contributed by atoms with E-state index in [1.807, 2.05) is 24.3 Å². The highest BCUT2D eigenvalue weighted by Gasteiger charge is 2.26. The van der Waals surface area contributed by atoms with Gasteiger partial charge in [0, 0.05) is 38.9 Å². The van der Waals surface area contributed by atoms with Crippen molar-refractivity contribution >= 4 is 23.4 Å². The summed E-state index contributed by atoms with van der Waals surface area (Å²) in [5, 5.41) is 7.70. The molecule has 0 amide bonds. The molecule has 1 aliphatic rings. The van der Waals surface area contributed by atoms with Gasteiger partial charge in [0.15, 0.2) is 5.96 Å². The number of halogens is 1. The molecule has 2 N–H and O–H groups in total. The molecule has 0 saturated carbocycles. The SMILES string of the molecule is CN=C(NCC(c1cccc(OC)c1)N(C)C)NC1CCN(c2ncccc2Cl)C1. The van der Waals surface area contributed by atoms with Gasteiger partial charge in [-0.05, 0) is 50.3 Å². The second kappa shape index (κ2) is 10.5. The molecular formula is C22H31ClN6O. The van der Waals surface area contributed by atoms with E-state index in [1.165, 1.54) is 5.56 Å². The van der Waals surface area contributed by atoms with Crippen molar-refractivity contribution in [3.8, 4) is 5.75 Å². The summed E-state index contributed by atoms with van der Waals surface area (Å²) >= 11 is 6.30. The fourth-order valence-corrected chi connectivity index (χ4v) is 3.95. The molecule has 8 heteroatoms. The molecule has 0 bridgehead atoms. The normalized spacial score (nSPS) is 17.9. The van der Waals surface area contributed by atoms with Gasteiger partial charge in [-0.25, -0.2) is 4.98 Å². The third-order valence-corrected chi connectivity index (χ3v) is 5.65. The summed E-state index contributed by atoms with van der Waals surface area (Å²) in [6.45, 7) is 2.47. The number of likely N-dealkylation sites (N-methyl/N-ethyl adjacent to an activating group) is 1. The first-order valence-electron chi connectivity index (χ1n) is 10.1. The van der Waals surface area contributed by atoms with Gasteiger partial charge >= 0.3 is 0 Å². The van der Waals surface area contributed by atoms with E-state index < -0.39 is 0 Å². The van der Waals surface area contributed by atoms with Crippen LogP contribution in [0.3, 0.4) is 0 Å². The van der Waals surface area contributed by atoms with Crippen LogP contribution in [0.5, 0.6) is 5.75 Å². The molecule has 1 aromatic heterocycles. The summed E-state index contributed by atoms with van der Waals surface area (Å²) in [6.07, 6.45) is 2.78. The van der Waals surface area contributed by atoms with Crippen molar-refractivity contribution in [2.75, 3.05) is 52.8 Å². The number of ether oxygens (including phenoxy) is 1. The molecular weight excluding hydrogens is 400 g/mol. The molecule has 0 aliphatic carbocycles. The molecule has 0 spiro atoms. The Balaban J connectivity index is 1.58. The summed E-state index contributed by atoms with van der Waals surface area (Å²) in [5.74, 6) is 2.50. The Morgan fingerprint density at radius 3 is 2.90 bits per heavy atom. The van der Waals surface area contributed by atoms with Crippen LogP contribution in [0.15, 0.2) is 47.6 Å². The van der Waals surface area contributed by atoms with Gasteiger partial charge in [0.25, 0.3) is 0 Å². The molecule has 2 atom stereocenters. The average molecular weight is 431 g/mol. The number of hydrogen-bond acceptors (Lipinski definition) is 5. The van der Waals surface area contributed by atoms with Crippen LogP contribution in [0.1, 0.15) is 18.0 Å². The topological polar surface area (TPSA) is 65.0 Å². The van der Waals surface area contributed by atoms with Crippen LogP contribution >= 0.6 is 11.6 Å². The third kappa shape index (κ3) is 5.55. The Kier molecular flexibility index (Phi) is 7.76.